The first-order valence-electron chi connectivity index (χ1n) is 8.68. The minimum atomic E-state index is 0.200. The lowest BCUT2D eigenvalue weighted by Gasteiger charge is -2.49. The molecule has 2 N–H and O–H groups in total. The Kier molecular flexibility index (Phi) is 3.21. The van der Waals surface area contributed by atoms with Gasteiger partial charge in [-0.1, -0.05) is 13.3 Å². The van der Waals surface area contributed by atoms with Crippen molar-refractivity contribution in [3.63, 3.8) is 0 Å². The van der Waals surface area contributed by atoms with E-state index in [2.05, 4.69) is 12.2 Å². The molecule has 2 fully saturated rings. The molecule has 0 aromatic heterocycles. The van der Waals surface area contributed by atoms with Crippen molar-refractivity contribution in [1.29, 1.82) is 0 Å². The molecular weight excluding hydrogens is 274 g/mol. The molecule has 3 heteroatoms. The van der Waals surface area contributed by atoms with Gasteiger partial charge < -0.3 is 10.4 Å². The first-order valence-corrected chi connectivity index (χ1v) is 8.68. The third-order valence-corrected chi connectivity index (χ3v) is 6.84. The Morgan fingerprint density at radius 2 is 2.14 bits per heavy atom. The number of carbonyl (C=O) groups excluding carboxylic acids is 1. The molecule has 0 saturated heterocycles. The highest BCUT2D eigenvalue weighted by molar-refractivity contribution is 5.76. The molecule has 1 amide bonds. The van der Waals surface area contributed by atoms with Gasteiger partial charge in [0.2, 0.25) is 6.41 Å². The molecule has 3 aliphatic carbocycles. The SMILES string of the molecule is C[C@@]12CCCC1C1CCc3cc(O)c(NC=O)cc3C1CC2. The largest absolute Gasteiger partial charge is 0.506 e. The number of aromatic hydroxyl groups is 1. The smallest absolute Gasteiger partial charge is 0.211 e. The van der Waals surface area contributed by atoms with Crippen LogP contribution < -0.4 is 5.32 Å². The normalized spacial score (nSPS) is 36.1. The second kappa shape index (κ2) is 5.00. The average Bonchev–Trinajstić information content (AvgIpc) is 2.90. The van der Waals surface area contributed by atoms with E-state index in [4.69, 9.17) is 0 Å². The molecule has 2 saturated carbocycles. The standard InChI is InChI=1S/C19H25NO2/c1-19-7-2-3-16(19)14-5-4-12-9-18(22)17(20-11-21)10-15(12)13(14)6-8-19/h9-11,13-14,16,22H,2-8H2,1H3,(H,20,21)/t13?,14?,16?,19-/m0/s1. The Balaban J connectivity index is 1.72. The number of carbonyl (C=O) groups is 1. The molecule has 3 nitrogen and oxygen atoms in total. The first-order chi connectivity index (χ1) is 10.6. The summed E-state index contributed by atoms with van der Waals surface area (Å²) >= 11 is 0. The summed E-state index contributed by atoms with van der Waals surface area (Å²) in [7, 11) is 0. The summed E-state index contributed by atoms with van der Waals surface area (Å²) in [6.07, 6.45) is 9.76. The van der Waals surface area contributed by atoms with Crippen molar-refractivity contribution >= 4 is 12.1 Å². The number of benzene rings is 1. The van der Waals surface area contributed by atoms with E-state index in [1.54, 1.807) is 0 Å². The number of rotatable bonds is 2. The lowest BCUT2D eigenvalue weighted by atomic mass is 9.56. The number of fused-ring (bicyclic) bond motifs is 5. The minimum Gasteiger partial charge on any atom is -0.506 e. The Morgan fingerprint density at radius 1 is 1.27 bits per heavy atom. The number of amides is 1. The Labute approximate surface area is 132 Å². The van der Waals surface area contributed by atoms with Gasteiger partial charge in [-0.15, -0.1) is 0 Å². The van der Waals surface area contributed by atoms with E-state index in [9.17, 15) is 9.90 Å². The molecule has 3 aliphatic rings. The molecule has 0 bridgehead atoms. The molecule has 4 atom stereocenters. The van der Waals surface area contributed by atoms with Gasteiger partial charge in [-0.3, -0.25) is 4.79 Å². The van der Waals surface area contributed by atoms with Crippen LogP contribution in [0.15, 0.2) is 12.1 Å². The van der Waals surface area contributed by atoms with Crippen LogP contribution in [0.2, 0.25) is 0 Å². The second-order valence-electron chi connectivity index (χ2n) is 7.83. The third kappa shape index (κ3) is 1.98. The topological polar surface area (TPSA) is 49.3 Å². The fourth-order valence-electron chi connectivity index (χ4n) is 5.78. The number of phenolic OH excluding ortho intramolecular Hbond substituents is 1. The van der Waals surface area contributed by atoms with E-state index in [0.29, 0.717) is 23.4 Å². The molecule has 3 unspecified atom stereocenters. The summed E-state index contributed by atoms with van der Waals surface area (Å²) in [6.45, 7) is 2.51. The van der Waals surface area contributed by atoms with Crippen LogP contribution >= 0.6 is 0 Å². The van der Waals surface area contributed by atoms with Crippen molar-refractivity contribution in [2.24, 2.45) is 17.3 Å². The number of phenols is 1. The summed E-state index contributed by atoms with van der Waals surface area (Å²) in [6, 6.07) is 3.91. The van der Waals surface area contributed by atoms with Crippen LogP contribution in [0.5, 0.6) is 5.75 Å². The number of nitrogens with one attached hydrogen (secondary N) is 1. The summed E-state index contributed by atoms with van der Waals surface area (Å²) < 4.78 is 0. The Morgan fingerprint density at radius 3 is 2.95 bits per heavy atom. The van der Waals surface area contributed by atoms with Crippen LogP contribution in [0.3, 0.4) is 0 Å². The van der Waals surface area contributed by atoms with Gasteiger partial charge in [0.1, 0.15) is 5.75 Å². The fraction of sp³-hybridized carbons (Fsp3) is 0.632. The van der Waals surface area contributed by atoms with Gasteiger partial charge >= 0.3 is 0 Å². The van der Waals surface area contributed by atoms with Crippen LogP contribution in [0.1, 0.15) is 62.5 Å². The quantitative estimate of drug-likeness (QED) is 0.635. The zero-order chi connectivity index (χ0) is 15.3. The Bertz CT molecular complexity index is 612. The van der Waals surface area contributed by atoms with Gasteiger partial charge in [-0.25, -0.2) is 0 Å². The third-order valence-electron chi connectivity index (χ3n) is 6.84. The maximum absolute atomic E-state index is 10.7. The van der Waals surface area contributed by atoms with E-state index in [1.807, 2.05) is 12.1 Å². The first kappa shape index (κ1) is 14.1. The van der Waals surface area contributed by atoms with Crippen molar-refractivity contribution in [3.05, 3.63) is 23.3 Å². The van der Waals surface area contributed by atoms with Gasteiger partial charge in [0, 0.05) is 0 Å². The Hall–Kier alpha value is -1.51. The van der Waals surface area contributed by atoms with E-state index in [0.717, 1.165) is 18.3 Å². The van der Waals surface area contributed by atoms with Crippen molar-refractivity contribution < 1.29 is 9.90 Å². The summed E-state index contributed by atoms with van der Waals surface area (Å²) in [4.78, 5) is 10.7. The molecular formula is C19H25NO2. The highest BCUT2D eigenvalue weighted by atomic mass is 16.3. The van der Waals surface area contributed by atoms with E-state index >= 15 is 0 Å². The van der Waals surface area contributed by atoms with Gasteiger partial charge in [-0.05, 0) is 85.0 Å². The summed E-state index contributed by atoms with van der Waals surface area (Å²) in [5.41, 5.74) is 3.80. The van der Waals surface area contributed by atoms with Gasteiger partial charge in [0.25, 0.3) is 0 Å². The average molecular weight is 299 g/mol. The maximum Gasteiger partial charge on any atom is 0.211 e. The van der Waals surface area contributed by atoms with Crippen LogP contribution in [-0.2, 0) is 11.2 Å². The number of hydrogen-bond acceptors (Lipinski definition) is 2. The zero-order valence-corrected chi connectivity index (χ0v) is 13.3. The predicted molar refractivity (Wildman–Crippen MR) is 87.0 cm³/mol. The van der Waals surface area contributed by atoms with Gasteiger partial charge in [-0.2, -0.15) is 0 Å². The number of hydrogen-bond donors (Lipinski definition) is 2. The maximum atomic E-state index is 10.7. The lowest BCUT2D eigenvalue weighted by Crippen LogP contribution is -2.39. The molecule has 1 aromatic rings. The van der Waals surface area contributed by atoms with Crippen LogP contribution in [0.4, 0.5) is 5.69 Å². The second-order valence-corrected chi connectivity index (χ2v) is 7.83. The molecule has 0 aliphatic heterocycles. The van der Waals surface area contributed by atoms with Crippen LogP contribution in [0, 0.1) is 17.3 Å². The monoisotopic (exact) mass is 299 g/mol. The number of anilines is 1. The lowest BCUT2D eigenvalue weighted by molar-refractivity contribution is -0.105. The molecule has 0 radical (unpaired) electrons. The predicted octanol–water partition coefficient (Wildman–Crippen LogP) is 4.21. The molecule has 118 valence electrons. The van der Waals surface area contributed by atoms with E-state index in [1.165, 1.54) is 49.7 Å². The molecule has 1 aromatic carbocycles. The van der Waals surface area contributed by atoms with Crippen molar-refractivity contribution in [3.8, 4) is 5.75 Å². The highest BCUT2D eigenvalue weighted by Crippen LogP contribution is 2.61. The van der Waals surface area contributed by atoms with Crippen LogP contribution in [0.25, 0.3) is 0 Å². The van der Waals surface area contributed by atoms with Crippen molar-refractivity contribution in [1.82, 2.24) is 0 Å². The highest BCUT2D eigenvalue weighted by Gasteiger charge is 2.50. The van der Waals surface area contributed by atoms with Crippen LogP contribution in [-0.4, -0.2) is 11.5 Å². The molecule has 0 heterocycles. The summed E-state index contributed by atoms with van der Waals surface area (Å²) in [5, 5.41) is 12.7. The zero-order valence-electron chi connectivity index (χ0n) is 13.3. The molecule has 0 spiro atoms. The van der Waals surface area contributed by atoms with E-state index < -0.39 is 0 Å². The van der Waals surface area contributed by atoms with Gasteiger partial charge in [0.05, 0.1) is 5.69 Å². The number of aryl methyl sites for hydroxylation is 1. The summed E-state index contributed by atoms with van der Waals surface area (Å²) in [5.74, 6) is 2.48. The van der Waals surface area contributed by atoms with Crippen molar-refractivity contribution in [2.45, 2.75) is 57.8 Å². The minimum absolute atomic E-state index is 0.200. The van der Waals surface area contributed by atoms with Gasteiger partial charge in [0.15, 0.2) is 0 Å². The molecule has 22 heavy (non-hydrogen) atoms. The van der Waals surface area contributed by atoms with Crippen molar-refractivity contribution in [2.75, 3.05) is 5.32 Å². The fourth-order valence-corrected chi connectivity index (χ4v) is 5.78. The van der Waals surface area contributed by atoms with E-state index in [-0.39, 0.29) is 5.75 Å². The molecule has 4 rings (SSSR count).